The second kappa shape index (κ2) is 4.17. The summed E-state index contributed by atoms with van der Waals surface area (Å²) in [6, 6.07) is 2.55. The minimum Gasteiger partial charge on any atom is -0.394 e. The molecule has 0 aliphatic rings. The van der Waals surface area contributed by atoms with Crippen LogP contribution in [0.15, 0.2) is 16.6 Å². The first kappa shape index (κ1) is 10.6. The van der Waals surface area contributed by atoms with Crippen LogP contribution >= 0.6 is 15.9 Å². The molecule has 0 amide bonds. The van der Waals surface area contributed by atoms with Gasteiger partial charge in [-0.25, -0.2) is 4.39 Å². The highest BCUT2D eigenvalue weighted by Crippen LogP contribution is 2.23. The van der Waals surface area contributed by atoms with E-state index in [0.717, 1.165) is 0 Å². The second-order valence-corrected chi connectivity index (χ2v) is 3.75. The summed E-state index contributed by atoms with van der Waals surface area (Å²) in [5.41, 5.74) is 6.69. The van der Waals surface area contributed by atoms with Gasteiger partial charge in [0.15, 0.2) is 0 Å². The Morgan fingerprint density at radius 2 is 2.23 bits per heavy atom. The standard InChI is InChI=1S/C9H11BrFNO/c1-5-7(10)2-6(3-8(5)11)9(12)4-13/h2-3,9,13H,4,12H2,1H3. The van der Waals surface area contributed by atoms with Crippen molar-refractivity contribution in [1.29, 1.82) is 0 Å². The van der Waals surface area contributed by atoms with E-state index < -0.39 is 6.04 Å². The highest BCUT2D eigenvalue weighted by Gasteiger charge is 2.09. The highest BCUT2D eigenvalue weighted by molar-refractivity contribution is 9.10. The van der Waals surface area contributed by atoms with E-state index in [1.165, 1.54) is 6.07 Å². The Labute approximate surface area is 84.7 Å². The summed E-state index contributed by atoms with van der Waals surface area (Å²) in [5.74, 6) is -0.312. The van der Waals surface area contributed by atoms with E-state index in [2.05, 4.69) is 15.9 Å². The van der Waals surface area contributed by atoms with Crippen molar-refractivity contribution in [3.63, 3.8) is 0 Å². The molecule has 0 spiro atoms. The van der Waals surface area contributed by atoms with Crippen molar-refractivity contribution in [1.82, 2.24) is 0 Å². The molecule has 1 rings (SSSR count). The number of nitrogens with two attached hydrogens (primary N) is 1. The van der Waals surface area contributed by atoms with Crippen molar-refractivity contribution in [2.45, 2.75) is 13.0 Å². The number of halogens is 2. The van der Waals surface area contributed by atoms with Crippen LogP contribution in [-0.2, 0) is 0 Å². The molecule has 4 heteroatoms. The third-order valence-corrected chi connectivity index (χ3v) is 2.75. The number of rotatable bonds is 2. The van der Waals surface area contributed by atoms with Gasteiger partial charge >= 0.3 is 0 Å². The van der Waals surface area contributed by atoms with Crippen molar-refractivity contribution in [2.24, 2.45) is 5.73 Å². The largest absolute Gasteiger partial charge is 0.394 e. The van der Waals surface area contributed by atoms with Crippen LogP contribution in [-0.4, -0.2) is 11.7 Å². The molecule has 1 aromatic rings. The summed E-state index contributed by atoms with van der Waals surface area (Å²) in [5, 5.41) is 8.78. The molecule has 2 nitrogen and oxygen atoms in total. The lowest BCUT2D eigenvalue weighted by molar-refractivity contribution is 0.267. The fourth-order valence-electron chi connectivity index (χ4n) is 0.984. The van der Waals surface area contributed by atoms with Gasteiger partial charge in [-0.05, 0) is 30.2 Å². The van der Waals surface area contributed by atoms with Crippen molar-refractivity contribution in [2.75, 3.05) is 6.61 Å². The van der Waals surface area contributed by atoms with E-state index in [4.69, 9.17) is 10.8 Å². The molecule has 0 bridgehead atoms. The third-order valence-electron chi connectivity index (χ3n) is 1.93. The summed E-state index contributed by atoms with van der Waals surface area (Å²) in [7, 11) is 0. The molecule has 1 aromatic carbocycles. The van der Waals surface area contributed by atoms with Gasteiger partial charge in [-0.2, -0.15) is 0 Å². The van der Waals surface area contributed by atoms with E-state index in [-0.39, 0.29) is 12.4 Å². The fourth-order valence-corrected chi connectivity index (χ4v) is 1.44. The summed E-state index contributed by atoms with van der Waals surface area (Å²) in [4.78, 5) is 0. The van der Waals surface area contributed by atoms with Crippen LogP contribution in [0.4, 0.5) is 4.39 Å². The minimum atomic E-state index is -0.522. The predicted molar refractivity (Wildman–Crippen MR) is 52.9 cm³/mol. The SMILES string of the molecule is Cc1c(F)cc(C(N)CO)cc1Br. The number of hydrogen-bond acceptors (Lipinski definition) is 2. The molecule has 0 aromatic heterocycles. The number of hydrogen-bond donors (Lipinski definition) is 2. The molecule has 0 aliphatic carbocycles. The van der Waals surface area contributed by atoms with Gasteiger partial charge in [0.05, 0.1) is 12.6 Å². The Balaban J connectivity index is 3.13. The molecule has 3 N–H and O–H groups in total. The monoisotopic (exact) mass is 247 g/mol. The Morgan fingerprint density at radius 1 is 1.62 bits per heavy atom. The molecule has 13 heavy (non-hydrogen) atoms. The number of aliphatic hydroxyl groups is 1. The molecule has 0 fully saturated rings. The van der Waals surface area contributed by atoms with Crippen LogP contribution in [0, 0.1) is 12.7 Å². The first-order valence-electron chi connectivity index (χ1n) is 3.88. The van der Waals surface area contributed by atoms with Gasteiger partial charge in [-0.15, -0.1) is 0 Å². The summed E-state index contributed by atoms with van der Waals surface area (Å²) in [6.07, 6.45) is 0. The predicted octanol–water partition coefficient (Wildman–Crippen LogP) is 1.89. The third kappa shape index (κ3) is 2.27. The Bertz CT molecular complexity index is 293. The van der Waals surface area contributed by atoms with Gasteiger partial charge in [0.25, 0.3) is 0 Å². The van der Waals surface area contributed by atoms with Crippen LogP contribution < -0.4 is 5.73 Å². The van der Waals surface area contributed by atoms with Crippen molar-refractivity contribution >= 4 is 15.9 Å². The topological polar surface area (TPSA) is 46.2 Å². The molecular weight excluding hydrogens is 237 g/mol. The highest BCUT2D eigenvalue weighted by atomic mass is 79.9. The van der Waals surface area contributed by atoms with Crippen LogP contribution in [0.3, 0.4) is 0 Å². The number of benzene rings is 1. The van der Waals surface area contributed by atoms with Gasteiger partial charge in [-0.3, -0.25) is 0 Å². The van der Waals surface area contributed by atoms with Gasteiger partial charge in [0, 0.05) is 4.47 Å². The van der Waals surface area contributed by atoms with E-state index in [0.29, 0.717) is 15.6 Å². The molecule has 1 atom stereocenters. The van der Waals surface area contributed by atoms with Crippen LogP contribution in [0.1, 0.15) is 17.2 Å². The lowest BCUT2D eigenvalue weighted by atomic mass is 10.1. The summed E-state index contributed by atoms with van der Waals surface area (Å²) >= 11 is 3.22. The zero-order valence-electron chi connectivity index (χ0n) is 7.22. The van der Waals surface area contributed by atoms with Crippen molar-refractivity contribution < 1.29 is 9.50 Å². The molecule has 72 valence electrons. The summed E-state index contributed by atoms with van der Waals surface area (Å²) < 4.78 is 13.8. The minimum absolute atomic E-state index is 0.186. The fraction of sp³-hybridized carbons (Fsp3) is 0.333. The zero-order chi connectivity index (χ0) is 10.0. The van der Waals surface area contributed by atoms with Crippen molar-refractivity contribution in [3.05, 3.63) is 33.5 Å². The van der Waals surface area contributed by atoms with Crippen LogP contribution in [0.2, 0.25) is 0 Å². The molecule has 0 saturated heterocycles. The Morgan fingerprint density at radius 3 is 2.69 bits per heavy atom. The van der Waals surface area contributed by atoms with E-state index in [1.54, 1.807) is 13.0 Å². The van der Waals surface area contributed by atoms with Gasteiger partial charge in [-0.1, -0.05) is 15.9 Å². The maximum atomic E-state index is 13.2. The first-order valence-corrected chi connectivity index (χ1v) is 4.67. The Kier molecular flexibility index (Phi) is 3.41. The van der Waals surface area contributed by atoms with Crippen molar-refractivity contribution in [3.8, 4) is 0 Å². The van der Waals surface area contributed by atoms with Gasteiger partial charge in [0.1, 0.15) is 5.82 Å². The zero-order valence-corrected chi connectivity index (χ0v) is 8.81. The quantitative estimate of drug-likeness (QED) is 0.839. The average Bonchev–Trinajstić information content (AvgIpc) is 2.12. The lowest BCUT2D eigenvalue weighted by Crippen LogP contribution is -2.14. The first-order chi connectivity index (χ1) is 6.06. The molecule has 1 unspecified atom stereocenters. The number of aliphatic hydroxyl groups excluding tert-OH is 1. The normalized spacial score (nSPS) is 13.0. The van der Waals surface area contributed by atoms with Gasteiger partial charge in [0.2, 0.25) is 0 Å². The van der Waals surface area contributed by atoms with E-state index in [9.17, 15) is 4.39 Å². The lowest BCUT2D eigenvalue weighted by Gasteiger charge is -2.10. The molecule has 0 aliphatic heterocycles. The van der Waals surface area contributed by atoms with Crippen LogP contribution in [0.25, 0.3) is 0 Å². The molecule has 0 heterocycles. The molecular formula is C9H11BrFNO. The molecule has 0 radical (unpaired) electrons. The van der Waals surface area contributed by atoms with Crippen LogP contribution in [0.5, 0.6) is 0 Å². The van der Waals surface area contributed by atoms with E-state index in [1.807, 2.05) is 0 Å². The molecule has 0 saturated carbocycles. The smallest absolute Gasteiger partial charge is 0.127 e. The average molecular weight is 248 g/mol. The summed E-state index contributed by atoms with van der Waals surface area (Å²) in [6.45, 7) is 1.49. The van der Waals surface area contributed by atoms with Gasteiger partial charge < -0.3 is 10.8 Å². The van der Waals surface area contributed by atoms with E-state index >= 15 is 0 Å². The maximum absolute atomic E-state index is 13.2. The second-order valence-electron chi connectivity index (χ2n) is 2.90. The Hall–Kier alpha value is -0.450. The maximum Gasteiger partial charge on any atom is 0.127 e.